The Hall–Kier alpha value is -1.63. The Morgan fingerprint density at radius 1 is 1.44 bits per heavy atom. The minimum absolute atomic E-state index is 0.0409. The molecular weight excluding hydrogens is 261 g/mol. The molecule has 18 heavy (non-hydrogen) atoms. The summed E-state index contributed by atoms with van der Waals surface area (Å²) in [6.07, 6.45) is 0.409. The highest BCUT2D eigenvalue weighted by Crippen LogP contribution is 2.26. The lowest BCUT2D eigenvalue weighted by Crippen LogP contribution is -2.22. The molecule has 1 N–H and O–H groups in total. The van der Waals surface area contributed by atoms with Crippen molar-refractivity contribution in [3.05, 3.63) is 23.8 Å². The van der Waals surface area contributed by atoms with Gasteiger partial charge in [-0.25, -0.2) is 0 Å². The third kappa shape index (κ3) is 3.99. The van der Waals surface area contributed by atoms with Crippen LogP contribution in [0.3, 0.4) is 0 Å². The van der Waals surface area contributed by atoms with Crippen molar-refractivity contribution < 1.29 is 21.8 Å². The first-order valence-corrected chi connectivity index (χ1v) is 6.59. The van der Waals surface area contributed by atoms with Gasteiger partial charge in [-0.15, -0.1) is 3.89 Å². The van der Waals surface area contributed by atoms with Gasteiger partial charge in [-0.05, 0) is 24.1 Å². The maximum Gasteiger partial charge on any atom is 0.335 e. The Bertz CT molecular complexity index is 542. The van der Waals surface area contributed by atoms with Gasteiger partial charge in [0.1, 0.15) is 10.6 Å². The first-order valence-electron chi connectivity index (χ1n) is 5.20. The van der Waals surface area contributed by atoms with E-state index in [-0.39, 0.29) is 11.7 Å². The summed E-state index contributed by atoms with van der Waals surface area (Å²) in [6, 6.07) is 4.21. The fraction of sp³-hybridized carbons (Fsp3) is 0.364. The zero-order valence-corrected chi connectivity index (χ0v) is 10.9. The normalized spacial score (nSPS) is 11.1. The molecular formula is C11H14FNO4S. The number of amides is 1. The van der Waals surface area contributed by atoms with Crippen molar-refractivity contribution in [1.82, 2.24) is 5.32 Å². The highest BCUT2D eigenvalue weighted by molar-refractivity contribution is 7.86. The Morgan fingerprint density at radius 3 is 2.61 bits per heavy atom. The first kappa shape index (κ1) is 14.4. The van der Waals surface area contributed by atoms with E-state index in [0.717, 1.165) is 0 Å². The van der Waals surface area contributed by atoms with E-state index in [1.54, 1.807) is 6.07 Å². The maximum atomic E-state index is 13.0. The Kier molecular flexibility index (Phi) is 4.66. The van der Waals surface area contributed by atoms with Crippen molar-refractivity contribution in [3.8, 4) is 5.75 Å². The van der Waals surface area contributed by atoms with Crippen molar-refractivity contribution in [2.45, 2.75) is 18.2 Å². The summed E-state index contributed by atoms with van der Waals surface area (Å²) in [5.41, 5.74) is 0.598. The molecule has 7 heteroatoms. The number of nitrogens with one attached hydrogen (secondary N) is 1. The number of ether oxygens (including phenoxy) is 1. The van der Waals surface area contributed by atoms with E-state index in [1.807, 2.05) is 0 Å². The van der Waals surface area contributed by atoms with Crippen LogP contribution in [-0.4, -0.2) is 28.0 Å². The minimum Gasteiger partial charge on any atom is -0.495 e. The smallest absolute Gasteiger partial charge is 0.335 e. The summed E-state index contributed by atoms with van der Waals surface area (Å²) in [6.45, 7) is 1.74. The average molecular weight is 275 g/mol. The first-order chi connectivity index (χ1) is 8.34. The van der Waals surface area contributed by atoms with E-state index in [1.165, 1.54) is 26.2 Å². The van der Waals surface area contributed by atoms with Gasteiger partial charge in [-0.1, -0.05) is 6.07 Å². The highest BCUT2D eigenvalue weighted by Gasteiger charge is 2.18. The monoisotopic (exact) mass is 275 g/mol. The van der Waals surface area contributed by atoms with Gasteiger partial charge in [-0.3, -0.25) is 4.79 Å². The van der Waals surface area contributed by atoms with Crippen LogP contribution in [0.4, 0.5) is 3.89 Å². The Labute approximate surface area is 105 Å². The lowest BCUT2D eigenvalue weighted by Gasteiger charge is -2.08. The molecule has 0 atom stereocenters. The SMILES string of the molecule is COc1ccc(CCNC(C)=O)cc1S(=O)(=O)F. The molecule has 0 fully saturated rings. The van der Waals surface area contributed by atoms with Gasteiger partial charge in [0.15, 0.2) is 0 Å². The summed E-state index contributed by atoms with van der Waals surface area (Å²) in [5.74, 6) is -0.220. The number of carbonyl (C=O) groups is 1. The molecule has 0 aliphatic heterocycles. The molecule has 100 valence electrons. The van der Waals surface area contributed by atoms with Crippen molar-refractivity contribution in [2.75, 3.05) is 13.7 Å². The van der Waals surface area contributed by atoms with Crippen molar-refractivity contribution in [2.24, 2.45) is 0 Å². The number of rotatable bonds is 5. The van der Waals surface area contributed by atoms with Crippen LogP contribution < -0.4 is 10.1 Å². The molecule has 0 aromatic heterocycles. The van der Waals surface area contributed by atoms with Gasteiger partial charge >= 0.3 is 10.2 Å². The summed E-state index contributed by atoms with van der Waals surface area (Å²) >= 11 is 0. The molecule has 0 spiro atoms. The third-order valence-corrected chi connectivity index (χ3v) is 3.12. The molecule has 0 radical (unpaired) electrons. The molecule has 0 aliphatic carbocycles. The third-order valence-electron chi connectivity index (χ3n) is 2.28. The topological polar surface area (TPSA) is 72.5 Å². The molecule has 0 saturated heterocycles. The van der Waals surface area contributed by atoms with Crippen LogP contribution >= 0.6 is 0 Å². The number of halogens is 1. The zero-order valence-electron chi connectivity index (χ0n) is 10.1. The predicted octanol–water partition coefficient (Wildman–Crippen LogP) is 1.03. The molecule has 0 unspecified atom stereocenters. The second-order valence-electron chi connectivity index (χ2n) is 3.66. The number of benzene rings is 1. The molecule has 1 aromatic rings. The van der Waals surface area contributed by atoms with Crippen molar-refractivity contribution in [1.29, 1.82) is 0 Å². The van der Waals surface area contributed by atoms with Gasteiger partial charge in [0.05, 0.1) is 7.11 Å². The maximum absolute atomic E-state index is 13.0. The quantitative estimate of drug-likeness (QED) is 0.815. The summed E-state index contributed by atoms with van der Waals surface area (Å²) in [4.78, 5) is 10.2. The number of hydrogen-bond acceptors (Lipinski definition) is 4. The van der Waals surface area contributed by atoms with Crippen LogP contribution in [0.15, 0.2) is 23.1 Å². The van der Waals surface area contributed by atoms with Crippen LogP contribution in [0.1, 0.15) is 12.5 Å². The molecule has 0 saturated carbocycles. The lowest BCUT2D eigenvalue weighted by molar-refractivity contribution is -0.118. The van der Waals surface area contributed by atoms with Gasteiger partial charge in [-0.2, -0.15) is 8.42 Å². The van der Waals surface area contributed by atoms with Crippen molar-refractivity contribution in [3.63, 3.8) is 0 Å². The second-order valence-corrected chi connectivity index (χ2v) is 4.97. The average Bonchev–Trinajstić information content (AvgIpc) is 2.27. The predicted molar refractivity (Wildman–Crippen MR) is 63.7 cm³/mol. The number of methoxy groups -OCH3 is 1. The Balaban J connectivity index is 2.93. The van der Waals surface area contributed by atoms with E-state index < -0.39 is 15.1 Å². The van der Waals surface area contributed by atoms with E-state index in [4.69, 9.17) is 4.74 Å². The van der Waals surface area contributed by atoms with E-state index in [0.29, 0.717) is 18.5 Å². The molecule has 1 amide bonds. The Morgan fingerprint density at radius 2 is 2.11 bits per heavy atom. The zero-order chi connectivity index (χ0) is 13.8. The van der Waals surface area contributed by atoms with Crippen LogP contribution in [-0.2, 0) is 21.4 Å². The van der Waals surface area contributed by atoms with Gasteiger partial charge in [0.2, 0.25) is 5.91 Å². The molecule has 1 rings (SSSR count). The molecule has 0 bridgehead atoms. The van der Waals surface area contributed by atoms with E-state index >= 15 is 0 Å². The van der Waals surface area contributed by atoms with Crippen LogP contribution in [0.25, 0.3) is 0 Å². The number of hydrogen-bond donors (Lipinski definition) is 1. The molecule has 0 heterocycles. The summed E-state index contributed by atoms with van der Waals surface area (Å²) in [5, 5.41) is 2.57. The van der Waals surface area contributed by atoms with E-state index in [9.17, 15) is 17.1 Å². The largest absolute Gasteiger partial charge is 0.495 e. The van der Waals surface area contributed by atoms with E-state index in [2.05, 4.69) is 5.32 Å². The molecule has 0 aliphatic rings. The fourth-order valence-electron chi connectivity index (χ4n) is 1.45. The lowest BCUT2D eigenvalue weighted by atomic mass is 10.1. The van der Waals surface area contributed by atoms with Gasteiger partial charge in [0, 0.05) is 13.5 Å². The molecule has 5 nitrogen and oxygen atoms in total. The number of carbonyl (C=O) groups excluding carboxylic acids is 1. The van der Waals surface area contributed by atoms with Gasteiger partial charge in [0.25, 0.3) is 0 Å². The standard InChI is InChI=1S/C11H14FNO4S/c1-8(14)13-6-5-9-3-4-10(17-2)11(7-9)18(12,15)16/h3-4,7H,5-6H2,1-2H3,(H,13,14). The highest BCUT2D eigenvalue weighted by atomic mass is 32.3. The second kappa shape index (κ2) is 5.81. The van der Waals surface area contributed by atoms with Crippen molar-refractivity contribution >= 4 is 16.1 Å². The molecule has 1 aromatic carbocycles. The summed E-state index contributed by atoms with van der Waals surface area (Å²) in [7, 11) is -3.56. The van der Waals surface area contributed by atoms with Gasteiger partial charge < -0.3 is 10.1 Å². The van der Waals surface area contributed by atoms with Crippen LogP contribution in [0.2, 0.25) is 0 Å². The van der Waals surface area contributed by atoms with Crippen LogP contribution in [0, 0.1) is 0 Å². The van der Waals surface area contributed by atoms with Crippen LogP contribution in [0.5, 0.6) is 5.75 Å². The minimum atomic E-state index is -4.82. The fourth-order valence-corrected chi connectivity index (χ4v) is 2.13. The summed E-state index contributed by atoms with van der Waals surface area (Å²) < 4.78 is 39.7.